The van der Waals surface area contributed by atoms with Crippen LogP contribution in [0.3, 0.4) is 0 Å². The fourth-order valence-electron chi connectivity index (χ4n) is 3.93. The van der Waals surface area contributed by atoms with Gasteiger partial charge in [-0.05, 0) is 62.4 Å². The van der Waals surface area contributed by atoms with Crippen molar-refractivity contribution in [2.75, 3.05) is 18.4 Å². The number of hydrogen-bond donors (Lipinski definition) is 1. The normalized spacial score (nSPS) is 16.0. The minimum absolute atomic E-state index is 0.0352. The van der Waals surface area contributed by atoms with Crippen molar-refractivity contribution in [1.29, 1.82) is 0 Å². The molecular formula is C22H27ClN2O3S. The zero-order valence-corrected chi connectivity index (χ0v) is 18.6. The van der Waals surface area contributed by atoms with Gasteiger partial charge in [-0.25, -0.2) is 12.7 Å². The van der Waals surface area contributed by atoms with Crippen LogP contribution in [-0.4, -0.2) is 31.7 Å². The molecule has 1 heterocycles. The third-order valence-electron chi connectivity index (χ3n) is 5.38. The number of nitrogens with one attached hydrogen (secondary N) is 1. The molecule has 1 saturated heterocycles. The van der Waals surface area contributed by atoms with Crippen molar-refractivity contribution < 1.29 is 13.2 Å². The van der Waals surface area contributed by atoms with Crippen molar-refractivity contribution in [2.24, 2.45) is 5.92 Å². The number of aryl methyl sites for hydroxylation is 3. The maximum Gasteiger partial charge on any atom is 0.227 e. The summed E-state index contributed by atoms with van der Waals surface area (Å²) in [5, 5.41) is 3.58. The molecule has 0 spiro atoms. The molecule has 1 aliphatic heterocycles. The number of rotatable bonds is 5. The molecule has 0 aliphatic carbocycles. The van der Waals surface area contributed by atoms with Gasteiger partial charge in [0, 0.05) is 29.7 Å². The summed E-state index contributed by atoms with van der Waals surface area (Å²) in [5.41, 5.74) is 4.77. The fraction of sp³-hybridized carbons (Fsp3) is 0.409. The van der Waals surface area contributed by atoms with E-state index >= 15 is 0 Å². The smallest absolute Gasteiger partial charge is 0.227 e. The molecule has 1 N–H and O–H groups in total. The zero-order valence-electron chi connectivity index (χ0n) is 17.0. The zero-order chi connectivity index (χ0) is 21.2. The standard InChI is InChI=1S/C22H27ClN2O3S/c1-15-11-16(2)21(17(3)12-15)24-22(26)19-7-9-25(10-8-19)29(27,28)14-18-5-4-6-20(23)13-18/h4-6,11-13,19H,7-10,14H2,1-3H3,(H,24,26). The maximum absolute atomic E-state index is 12.7. The van der Waals surface area contributed by atoms with Crippen molar-refractivity contribution >= 4 is 33.2 Å². The van der Waals surface area contributed by atoms with E-state index in [1.807, 2.05) is 32.9 Å². The van der Waals surface area contributed by atoms with Crippen LogP contribution in [0, 0.1) is 26.7 Å². The Kier molecular flexibility index (Phi) is 6.66. The average Bonchev–Trinajstić information content (AvgIpc) is 2.64. The molecule has 1 aliphatic rings. The summed E-state index contributed by atoms with van der Waals surface area (Å²) >= 11 is 5.96. The van der Waals surface area contributed by atoms with Gasteiger partial charge < -0.3 is 5.32 Å². The van der Waals surface area contributed by atoms with Crippen molar-refractivity contribution in [3.63, 3.8) is 0 Å². The molecule has 0 unspecified atom stereocenters. The summed E-state index contributed by atoms with van der Waals surface area (Å²) in [4.78, 5) is 12.7. The molecule has 0 bridgehead atoms. The molecule has 156 valence electrons. The first-order chi connectivity index (χ1) is 13.7. The van der Waals surface area contributed by atoms with Gasteiger partial charge >= 0.3 is 0 Å². The lowest BCUT2D eigenvalue weighted by Gasteiger charge is -2.31. The quantitative estimate of drug-likeness (QED) is 0.756. The summed E-state index contributed by atoms with van der Waals surface area (Å²) in [6.07, 6.45) is 1.04. The van der Waals surface area contributed by atoms with Crippen molar-refractivity contribution in [3.05, 3.63) is 63.7 Å². The van der Waals surface area contributed by atoms with Crippen LogP contribution in [0.4, 0.5) is 5.69 Å². The van der Waals surface area contributed by atoms with Crippen molar-refractivity contribution in [3.8, 4) is 0 Å². The highest BCUT2D eigenvalue weighted by molar-refractivity contribution is 7.88. The van der Waals surface area contributed by atoms with Gasteiger partial charge in [0.05, 0.1) is 5.75 Å². The number of halogens is 1. The molecule has 0 atom stereocenters. The number of carbonyl (C=O) groups excluding carboxylic acids is 1. The molecule has 0 radical (unpaired) electrons. The number of hydrogen-bond acceptors (Lipinski definition) is 3. The minimum Gasteiger partial charge on any atom is -0.325 e. The van der Waals surface area contributed by atoms with Gasteiger partial charge in [0.25, 0.3) is 0 Å². The molecule has 5 nitrogen and oxygen atoms in total. The van der Waals surface area contributed by atoms with Gasteiger partial charge in [0.2, 0.25) is 15.9 Å². The highest BCUT2D eigenvalue weighted by atomic mass is 35.5. The van der Waals surface area contributed by atoms with Crippen LogP contribution >= 0.6 is 11.6 Å². The van der Waals surface area contributed by atoms with Gasteiger partial charge in [-0.2, -0.15) is 0 Å². The van der Waals surface area contributed by atoms with Gasteiger partial charge in [-0.3, -0.25) is 4.79 Å². The topological polar surface area (TPSA) is 66.5 Å². The fourth-order valence-corrected chi connectivity index (χ4v) is 5.69. The lowest BCUT2D eigenvalue weighted by Crippen LogP contribution is -2.42. The summed E-state index contributed by atoms with van der Waals surface area (Å²) < 4.78 is 27.0. The van der Waals surface area contributed by atoms with Crippen LogP contribution in [-0.2, 0) is 20.6 Å². The molecule has 1 fully saturated rings. The van der Waals surface area contributed by atoms with E-state index in [1.165, 1.54) is 4.31 Å². The van der Waals surface area contributed by atoms with E-state index in [-0.39, 0.29) is 17.6 Å². The predicted octanol–water partition coefficient (Wildman–Crippen LogP) is 4.45. The predicted molar refractivity (Wildman–Crippen MR) is 118 cm³/mol. The largest absolute Gasteiger partial charge is 0.325 e. The van der Waals surface area contributed by atoms with E-state index in [1.54, 1.807) is 24.3 Å². The van der Waals surface area contributed by atoms with E-state index in [0.717, 1.165) is 22.4 Å². The number of benzene rings is 2. The summed E-state index contributed by atoms with van der Waals surface area (Å²) in [5.74, 6) is -0.300. The molecule has 7 heteroatoms. The van der Waals surface area contributed by atoms with E-state index < -0.39 is 10.0 Å². The molecule has 1 amide bonds. The van der Waals surface area contributed by atoms with Crippen molar-refractivity contribution in [1.82, 2.24) is 4.31 Å². The average molecular weight is 435 g/mol. The second-order valence-corrected chi connectivity index (χ2v) is 10.2. The number of amides is 1. The van der Waals surface area contributed by atoms with Gasteiger partial charge in [-0.15, -0.1) is 0 Å². The van der Waals surface area contributed by atoms with Crippen LogP contribution in [0.15, 0.2) is 36.4 Å². The van der Waals surface area contributed by atoms with E-state index in [0.29, 0.717) is 36.5 Å². The van der Waals surface area contributed by atoms with Crippen LogP contribution in [0.1, 0.15) is 35.1 Å². The van der Waals surface area contributed by atoms with Crippen LogP contribution in [0.5, 0.6) is 0 Å². The molecule has 2 aromatic rings. The van der Waals surface area contributed by atoms with E-state index in [9.17, 15) is 13.2 Å². The molecular weight excluding hydrogens is 408 g/mol. The SMILES string of the molecule is Cc1cc(C)c(NC(=O)C2CCN(S(=O)(=O)Cc3cccc(Cl)c3)CC2)c(C)c1. The maximum atomic E-state index is 12.7. The Morgan fingerprint density at radius 3 is 2.31 bits per heavy atom. The molecule has 29 heavy (non-hydrogen) atoms. The monoisotopic (exact) mass is 434 g/mol. The third-order valence-corrected chi connectivity index (χ3v) is 7.47. The number of carbonyl (C=O) groups is 1. The van der Waals surface area contributed by atoms with Gasteiger partial charge in [0.1, 0.15) is 0 Å². The first-order valence-corrected chi connectivity index (χ1v) is 11.8. The second kappa shape index (κ2) is 8.86. The summed E-state index contributed by atoms with van der Waals surface area (Å²) in [7, 11) is -3.44. The highest BCUT2D eigenvalue weighted by Crippen LogP contribution is 2.26. The lowest BCUT2D eigenvalue weighted by atomic mass is 9.96. The highest BCUT2D eigenvalue weighted by Gasteiger charge is 2.31. The molecule has 0 saturated carbocycles. The van der Waals surface area contributed by atoms with Gasteiger partial charge in [0.15, 0.2) is 0 Å². The summed E-state index contributed by atoms with van der Waals surface area (Å²) in [6, 6.07) is 11.0. The number of anilines is 1. The van der Waals surface area contributed by atoms with Crippen LogP contribution in [0.25, 0.3) is 0 Å². The Morgan fingerprint density at radius 2 is 1.72 bits per heavy atom. The third kappa shape index (κ3) is 5.38. The molecule has 0 aromatic heterocycles. The van der Waals surface area contributed by atoms with E-state index in [2.05, 4.69) is 5.32 Å². The Labute approximate surface area is 178 Å². The Morgan fingerprint density at radius 1 is 1.10 bits per heavy atom. The lowest BCUT2D eigenvalue weighted by molar-refractivity contribution is -0.120. The minimum atomic E-state index is -3.44. The van der Waals surface area contributed by atoms with Gasteiger partial charge in [-0.1, -0.05) is 41.4 Å². The molecule has 3 rings (SSSR count). The Hall–Kier alpha value is -1.89. The number of nitrogens with zero attached hydrogens (tertiary/aromatic N) is 1. The van der Waals surface area contributed by atoms with Crippen molar-refractivity contribution in [2.45, 2.75) is 39.4 Å². The first kappa shape index (κ1) is 21.8. The number of piperidine rings is 1. The molecule has 2 aromatic carbocycles. The second-order valence-electron chi connectivity index (χ2n) is 7.82. The number of sulfonamides is 1. The first-order valence-electron chi connectivity index (χ1n) is 9.76. The van der Waals surface area contributed by atoms with E-state index in [4.69, 9.17) is 11.6 Å². The Bertz CT molecular complexity index is 989. The van der Waals surface area contributed by atoms with Crippen LogP contribution < -0.4 is 5.32 Å². The Balaban J connectivity index is 1.60. The van der Waals surface area contributed by atoms with Crippen LogP contribution in [0.2, 0.25) is 5.02 Å². The summed E-state index contributed by atoms with van der Waals surface area (Å²) in [6.45, 7) is 6.71.